The van der Waals surface area contributed by atoms with Crippen LogP contribution in [0.1, 0.15) is 42.4 Å². The number of carbonyl (C=O) groups is 1. The van der Waals surface area contributed by atoms with Crippen LogP contribution in [0.2, 0.25) is 0 Å². The molecule has 0 unspecified atom stereocenters. The average molecular weight is 418 g/mol. The zero-order valence-electron chi connectivity index (χ0n) is 17.8. The first kappa shape index (κ1) is 19.6. The Morgan fingerprint density at radius 1 is 1.16 bits per heavy atom. The molecule has 0 saturated carbocycles. The summed E-state index contributed by atoms with van der Waals surface area (Å²) < 4.78 is 13.2. The Labute approximate surface area is 181 Å². The Kier molecular flexibility index (Phi) is 5.11. The minimum atomic E-state index is -0.233. The van der Waals surface area contributed by atoms with E-state index in [4.69, 9.17) is 14.3 Å². The van der Waals surface area contributed by atoms with E-state index in [-0.39, 0.29) is 18.0 Å². The van der Waals surface area contributed by atoms with Crippen LogP contribution in [0.4, 0.5) is 0 Å². The fourth-order valence-corrected chi connectivity index (χ4v) is 4.49. The number of nitrogens with zero attached hydrogens (tertiary/aromatic N) is 4. The first-order chi connectivity index (χ1) is 15.1. The Balaban J connectivity index is 1.38. The third kappa shape index (κ3) is 3.65. The van der Waals surface area contributed by atoms with Gasteiger partial charge in [0, 0.05) is 37.4 Å². The van der Waals surface area contributed by atoms with E-state index in [1.807, 2.05) is 36.4 Å². The van der Waals surface area contributed by atoms with E-state index in [1.165, 1.54) is 5.69 Å². The Morgan fingerprint density at radius 2 is 2.00 bits per heavy atom. The maximum atomic E-state index is 13.4. The topological polar surface area (TPSA) is 63.2 Å². The lowest BCUT2D eigenvalue weighted by atomic mass is 10.0. The van der Waals surface area contributed by atoms with Gasteiger partial charge < -0.3 is 13.7 Å². The van der Waals surface area contributed by atoms with Gasteiger partial charge in [-0.25, -0.2) is 5.01 Å². The van der Waals surface area contributed by atoms with Gasteiger partial charge in [-0.1, -0.05) is 0 Å². The van der Waals surface area contributed by atoms with Crippen molar-refractivity contribution in [3.05, 3.63) is 78.0 Å². The van der Waals surface area contributed by atoms with Gasteiger partial charge in [-0.05, 0) is 61.0 Å². The van der Waals surface area contributed by atoms with Crippen molar-refractivity contribution in [3.63, 3.8) is 0 Å². The predicted octanol–water partition coefficient (Wildman–Crippen LogP) is 3.84. The number of furan rings is 1. The number of amides is 1. The molecule has 4 heterocycles. The number of hydrogen-bond acceptors (Lipinski definition) is 5. The highest BCUT2D eigenvalue weighted by molar-refractivity contribution is 6.03. The highest BCUT2D eigenvalue weighted by atomic mass is 16.5. The van der Waals surface area contributed by atoms with E-state index < -0.39 is 0 Å². The number of hydrazone groups is 1. The van der Waals surface area contributed by atoms with E-state index in [0.29, 0.717) is 13.0 Å². The number of carbonyl (C=O) groups excluding carboxylic acids is 1. The maximum Gasteiger partial charge on any atom is 0.257 e. The summed E-state index contributed by atoms with van der Waals surface area (Å²) in [5, 5.41) is 6.35. The molecule has 160 valence electrons. The number of rotatable bonds is 5. The number of methoxy groups -OCH3 is 1. The Bertz CT molecular complexity index is 1080. The molecule has 0 radical (unpaired) electrons. The number of hydrogen-bond donors (Lipinski definition) is 0. The summed E-state index contributed by atoms with van der Waals surface area (Å²) in [4.78, 5) is 15.6. The molecule has 2 atom stereocenters. The van der Waals surface area contributed by atoms with E-state index in [0.717, 1.165) is 35.9 Å². The lowest BCUT2D eigenvalue weighted by Gasteiger charge is -2.35. The van der Waals surface area contributed by atoms with E-state index in [2.05, 4.69) is 34.7 Å². The quantitative estimate of drug-likeness (QED) is 0.632. The molecule has 7 heteroatoms. The number of ether oxygens (including phenoxy) is 1. The van der Waals surface area contributed by atoms with Gasteiger partial charge >= 0.3 is 0 Å². The van der Waals surface area contributed by atoms with Gasteiger partial charge in [0.15, 0.2) is 0 Å². The van der Waals surface area contributed by atoms with Crippen molar-refractivity contribution in [2.75, 3.05) is 20.2 Å². The molecule has 2 aliphatic heterocycles. The van der Waals surface area contributed by atoms with Crippen LogP contribution in [0, 0.1) is 0 Å². The molecular formula is C24H26N4O3. The molecule has 3 aromatic rings. The van der Waals surface area contributed by atoms with Crippen molar-refractivity contribution in [2.45, 2.75) is 32.0 Å². The van der Waals surface area contributed by atoms with Crippen LogP contribution in [-0.4, -0.2) is 46.3 Å². The van der Waals surface area contributed by atoms with Gasteiger partial charge in [-0.3, -0.25) is 9.69 Å². The second kappa shape index (κ2) is 8.07. The number of fused-ring (bicyclic) bond motifs is 1. The Hall–Kier alpha value is -3.32. The monoisotopic (exact) mass is 418 g/mol. The maximum absolute atomic E-state index is 13.4. The van der Waals surface area contributed by atoms with Crippen LogP contribution in [0.3, 0.4) is 0 Å². The lowest BCUT2D eigenvalue weighted by molar-refractivity contribution is -0.135. The molecular weight excluding hydrogens is 392 g/mol. The molecule has 0 spiro atoms. The van der Waals surface area contributed by atoms with Gasteiger partial charge in [0.2, 0.25) is 0 Å². The lowest BCUT2D eigenvalue weighted by Crippen LogP contribution is -2.43. The minimum absolute atomic E-state index is 0.0169. The molecule has 2 aliphatic rings. The van der Waals surface area contributed by atoms with Crippen LogP contribution < -0.4 is 4.74 Å². The van der Waals surface area contributed by atoms with Crippen LogP contribution in [0.5, 0.6) is 5.75 Å². The molecule has 0 bridgehead atoms. The second-order valence-electron chi connectivity index (χ2n) is 8.02. The Morgan fingerprint density at radius 3 is 2.74 bits per heavy atom. The standard InChI is InChI=1S/C24H26N4O3/c1-17-21-5-3-11-26(21)12-13-27(17)16-24(29)28-22(23-6-4-14-31-23)15-20(25-28)18-7-9-19(30-2)10-8-18/h3-11,14,17,22H,12-13,15-16H2,1-2H3/t17-,22+/m0/s1. The molecule has 1 aromatic carbocycles. The average Bonchev–Trinajstić information content (AvgIpc) is 3.55. The van der Waals surface area contributed by atoms with Gasteiger partial charge in [-0.2, -0.15) is 5.10 Å². The summed E-state index contributed by atoms with van der Waals surface area (Å²) in [5.41, 5.74) is 3.10. The summed E-state index contributed by atoms with van der Waals surface area (Å²) >= 11 is 0. The molecule has 2 aromatic heterocycles. The normalized spacial score (nSPS) is 21.1. The van der Waals surface area contributed by atoms with E-state index in [9.17, 15) is 4.79 Å². The molecule has 7 nitrogen and oxygen atoms in total. The van der Waals surface area contributed by atoms with Gasteiger partial charge in [0.25, 0.3) is 5.91 Å². The largest absolute Gasteiger partial charge is 0.497 e. The van der Waals surface area contributed by atoms with Crippen LogP contribution >= 0.6 is 0 Å². The smallest absolute Gasteiger partial charge is 0.257 e. The third-order valence-corrected chi connectivity index (χ3v) is 6.27. The van der Waals surface area contributed by atoms with Crippen LogP contribution in [0.25, 0.3) is 0 Å². The van der Waals surface area contributed by atoms with Crippen LogP contribution in [-0.2, 0) is 11.3 Å². The van der Waals surface area contributed by atoms with E-state index in [1.54, 1.807) is 18.4 Å². The molecule has 5 rings (SSSR count). The van der Waals surface area contributed by atoms with Crippen molar-refractivity contribution < 1.29 is 13.9 Å². The van der Waals surface area contributed by atoms with Crippen molar-refractivity contribution in [1.29, 1.82) is 0 Å². The summed E-state index contributed by atoms with van der Waals surface area (Å²) in [6.45, 7) is 4.20. The van der Waals surface area contributed by atoms with Crippen LogP contribution in [0.15, 0.2) is 70.5 Å². The molecule has 31 heavy (non-hydrogen) atoms. The summed E-state index contributed by atoms with van der Waals surface area (Å²) in [6, 6.07) is 15.7. The fourth-order valence-electron chi connectivity index (χ4n) is 4.49. The number of benzene rings is 1. The van der Waals surface area contributed by atoms with Crippen molar-refractivity contribution in [2.24, 2.45) is 5.10 Å². The first-order valence-corrected chi connectivity index (χ1v) is 10.6. The fraction of sp³-hybridized carbons (Fsp3) is 0.333. The van der Waals surface area contributed by atoms with Gasteiger partial charge in [0.1, 0.15) is 17.6 Å². The zero-order valence-corrected chi connectivity index (χ0v) is 17.8. The summed E-state index contributed by atoms with van der Waals surface area (Å²) in [7, 11) is 1.65. The second-order valence-corrected chi connectivity index (χ2v) is 8.02. The zero-order chi connectivity index (χ0) is 21.4. The highest BCUT2D eigenvalue weighted by Gasteiger charge is 2.36. The van der Waals surface area contributed by atoms with Crippen molar-refractivity contribution in [3.8, 4) is 5.75 Å². The predicted molar refractivity (Wildman–Crippen MR) is 117 cm³/mol. The third-order valence-electron chi connectivity index (χ3n) is 6.27. The first-order valence-electron chi connectivity index (χ1n) is 10.6. The highest BCUT2D eigenvalue weighted by Crippen LogP contribution is 2.34. The summed E-state index contributed by atoms with van der Waals surface area (Å²) in [6.07, 6.45) is 4.36. The van der Waals surface area contributed by atoms with Gasteiger partial charge in [-0.15, -0.1) is 0 Å². The molecule has 0 fully saturated rings. The van der Waals surface area contributed by atoms with Crippen molar-refractivity contribution in [1.82, 2.24) is 14.5 Å². The minimum Gasteiger partial charge on any atom is -0.497 e. The molecule has 0 saturated heterocycles. The molecule has 1 amide bonds. The number of aromatic nitrogens is 1. The molecule has 0 aliphatic carbocycles. The SMILES string of the molecule is COc1ccc(C2=NN(C(=O)CN3CCn4cccc4[C@@H]3C)[C@@H](c3ccco3)C2)cc1. The summed E-state index contributed by atoms with van der Waals surface area (Å²) in [5.74, 6) is 1.53. The van der Waals surface area contributed by atoms with Crippen molar-refractivity contribution >= 4 is 11.6 Å². The van der Waals surface area contributed by atoms with E-state index >= 15 is 0 Å². The molecule has 0 N–H and O–H groups in total. The van der Waals surface area contributed by atoms with Gasteiger partial charge in [0.05, 0.1) is 25.6 Å².